The quantitative estimate of drug-likeness (QED) is 0.758. The normalized spacial score (nSPS) is 28.2. The van der Waals surface area contributed by atoms with Crippen molar-refractivity contribution in [3.05, 3.63) is 64.6 Å². The number of hydrogen-bond acceptors (Lipinski definition) is 3. The van der Waals surface area contributed by atoms with Crippen LogP contribution in [-0.2, 0) is 31.7 Å². The maximum absolute atomic E-state index is 13.4. The molecule has 6 rings (SSSR count). The van der Waals surface area contributed by atoms with E-state index in [0.29, 0.717) is 25.0 Å². The molecule has 2 bridgehead atoms. The van der Waals surface area contributed by atoms with Crippen LogP contribution in [0, 0.1) is 0 Å². The van der Waals surface area contributed by atoms with Gasteiger partial charge in [-0.3, -0.25) is 9.88 Å². The Kier molecular flexibility index (Phi) is 3.37. The zero-order valence-electron chi connectivity index (χ0n) is 16.0. The Morgan fingerprint density at radius 1 is 1.29 bits per heavy atom. The minimum Gasteiger partial charge on any atom is -0.383 e. The Hall–Kier alpha value is -2.24. The summed E-state index contributed by atoms with van der Waals surface area (Å²) in [4.78, 5) is 6.67. The lowest BCUT2D eigenvalue weighted by atomic mass is 9.74. The number of nitrogens with zero attached hydrogens (tertiary/aromatic N) is 3. The van der Waals surface area contributed by atoms with Gasteiger partial charge in [-0.1, -0.05) is 6.07 Å². The third kappa shape index (κ3) is 2.09. The Labute approximate surface area is 163 Å². The summed E-state index contributed by atoms with van der Waals surface area (Å²) in [6.07, 6.45) is 7.62. The second kappa shape index (κ2) is 5.65. The Bertz CT molecular complexity index is 1110. The van der Waals surface area contributed by atoms with Gasteiger partial charge in [-0.05, 0) is 60.3 Å². The van der Waals surface area contributed by atoms with E-state index in [0.717, 1.165) is 35.0 Å². The lowest BCUT2D eigenvalue weighted by Gasteiger charge is -2.40. The number of fused-ring (bicyclic) bond motifs is 7. The number of halogens is 1. The first-order valence-electron chi connectivity index (χ1n) is 10.2. The molecule has 4 heterocycles. The third-order valence-electron chi connectivity index (χ3n) is 7.34. The second-order valence-corrected chi connectivity index (χ2v) is 8.79. The molecule has 0 spiro atoms. The van der Waals surface area contributed by atoms with Crippen molar-refractivity contribution in [3.63, 3.8) is 0 Å². The number of pyridine rings is 1. The molecule has 1 saturated heterocycles. The van der Waals surface area contributed by atoms with Crippen molar-refractivity contribution in [1.82, 2.24) is 14.5 Å². The minimum absolute atomic E-state index is 0.403. The van der Waals surface area contributed by atoms with Crippen molar-refractivity contribution in [2.45, 2.75) is 56.6 Å². The predicted molar refractivity (Wildman–Crippen MR) is 106 cm³/mol. The van der Waals surface area contributed by atoms with Gasteiger partial charge in [0, 0.05) is 53.9 Å². The molecule has 1 aromatic carbocycles. The van der Waals surface area contributed by atoms with Gasteiger partial charge < -0.3 is 9.67 Å². The molecular formula is C23H24FN3O. The van der Waals surface area contributed by atoms with Crippen molar-refractivity contribution >= 4 is 10.9 Å². The topological polar surface area (TPSA) is 41.3 Å². The van der Waals surface area contributed by atoms with E-state index >= 15 is 0 Å². The van der Waals surface area contributed by atoms with Gasteiger partial charge in [-0.15, -0.1) is 0 Å². The van der Waals surface area contributed by atoms with Crippen LogP contribution in [0.3, 0.4) is 0 Å². The van der Waals surface area contributed by atoms with Crippen LogP contribution in [0.25, 0.3) is 10.9 Å². The lowest BCUT2D eigenvalue weighted by Crippen LogP contribution is -2.43. The molecule has 3 aromatic rings. The van der Waals surface area contributed by atoms with Crippen molar-refractivity contribution in [3.8, 4) is 0 Å². The molecule has 0 saturated carbocycles. The van der Waals surface area contributed by atoms with Crippen LogP contribution in [0.1, 0.15) is 46.8 Å². The zero-order valence-corrected chi connectivity index (χ0v) is 16.0. The van der Waals surface area contributed by atoms with E-state index in [-0.39, 0.29) is 0 Å². The van der Waals surface area contributed by atoms with E-state index < -0.39 is 12.3 Å². The summed E-state index contributed by atoms with van der Waals surface area (Å²) in [5, 5.41) is 12.5. The van der Waals surface area contributed by atoms with Crippen LogP contribution in [0.5, 0.6) is 0 Å². The maximum Gasteiger partial charge on any atom is 0.115 e. The predicted octanol–water partition coefficient (Wildman–Crippen LogP) is 3.64. The van der Waals surface area contributed by atoms with Crippen molar-refractivity contribution in [1.29, 1.82) is 0 Å². The van der Waals surface area contributed by atoms with Crippen molar-refractivity contribution < 1.29 is 9.50 Å². The fraction of sp³-hybridized carbons (Fsp3) is 0.435. The van der Waals surface area contributed by atoms with E-state index in [1.54, 1.807) is 6.20 Å². The van der Waals surface area contributed by atoms with E-state index in [2.05, 4.69) is 21.5 Å². The first-order valence-corrected chi connectivity index (χ1v) is 10.2. The molecule has 1 N–H and O–H groups in total. The van der Waals surface area contributed by atoms with Gasteiger partial charge in [0.1, 0.15) is 12.3 Å². The highest BCUT2D eigenvalue weighted by molar-refractivity contribution is 5.87. The van der Waals surface area contributed by atoms with Gasteiger partial charge in [0.15, 0.2) is 0 Å². The van der Waals surface area contributed by atoms with E-state index in [9.17, 15) is 9.50 Å². The number of aromatic nitrogens is 2. The highest BCUT2D eigenvalue weighted by Crippen LogP contribution is 2.48. The van der Waals surface area contributed by atoms with Crippen molar-refractivity contribution in [2.24, 2.45) is 0 Å². The SMILES string of the molecule is CN1C2CCC1c1c(n(CC3(O)Cc4cnccc43)c3ccc(CF)cc13)C2. The molecule has 2 aliphatic heterocycles. The minimum atomic E-state index is -0.848. The Morgan fingerprint density at radius 3 is 3.00 bits per heavy atom. The van der Waals surface area contributed by atoms with Gasteiger partial charge in [-0.25, -0.2) is 4.39 Å². The molecule has 5 heteroatoms. The number of rotatable bonds is 3. The third-order valence-corrected chi connectivity index (χ3v) is 7.34. The second-order valence-electron chi connectivity index (χ2n) is 8.79. The molecule has 3 atom stereocenters. The highest BCUT2D eigenvalue weighted by atomic mass is 19.1. The van der Waals surface area contributed by atoms with E-state index in [4.69, 9.17) is 0 Å². The van der Waals surface area contributed by atoms with Crippen molar-refractivity contribution in [2.75, 3.05) is 7.05 Å². The zero-order chi connectivity index (χ0) is 19.0. The van der Waals surface area contributed by atoms with Crippen LogP contribution < -0.4 is 0 Å². The molecule has 144 valence electrons. The first-order chi connectivity index (χ1) is 13.6. The monoisotopic (exact) mass is 377 g/mol. The molecule has 0 amide bonds. The summed E-state index contributed by atoms with van der Waals surface area (Å²) in [5.74, 6) is 0. The Balaban J connectivity index is 1.53. The van der Waals surface area contributed by atoms with Gasteiger partial charge in [0.25, 0.3) is 0 Å². The standard InChI is InChI=1S/C23H24FN3O/c1-26-16-3-5-20(26)22-17-8-14(11-24)2-4-19(17)27(21(22)9-16)13-23(28)10-15-12-25-7-6-18(15)23/h2,4,6-8,12,16,20,28H,3,5,9-11,13H2,1H3. The fourth-order valence-corrected chi connectivity index (χ4v) is 5.89. The van der Waals surface area contributed by atoms with Crippen LogP contribution >= 0.6 is 0 Å². The summed E-state index contributed by atoms with van der Waals surface area (Å²) in [7, 11) is 2.22. The molecule has 28 heavy (non-hydrogen) atoms. The number of benzene rings is 1. The van der Waals surface area contributed by atoms with Gasteiger partial charge in [-0.2, -0.15) is 0 Å². The molecule has 0 radical (unpaired) electrons. The fourth-order valence-electron chi connectivity index (χ4n) is 5.89. The summed E-state index contributed by atoms with van der Waals surface area (Å²) in [5.41, 5.74) is 5.84. The largest absolute Gasteiger partial charge is 0.383 e. The lowest BCUT2D eigenvalue weighted by molar-refractivity contribution is -0.00495. The van der Waals surface area contributed by atoms with Crippen LogP contribution in [0.2, 0.25) is 0 Å². The summed E-state index contributed by atoms with van der Waals surface area (Å²) in [6, 6.07) is 8.87. The molecule has 1 fully saturated rings. The van der Waals surface area contributed by atoms with Crippen LogP contribution in [0.15, 0.2) is 36.7 Å². The van der Waals surface area contributed by atoms with Gasteiger partial charge in [0.2, 0.25) is 0 Å². The van der Waals surface area contributed by atoms with E-state index in [1.165, 1.54) is 23.1 Å². The number of alkyl halides is 1. The molecule has 1 aliphatic carbocycles. The van der Waals surface area contributed by atoms with Gasteiger partial charge >= 0.3 is 0 Å². The summed E-state index contributed by atoms with van der Waals surface area (Å²) < 4.78 is 15.7. The molecule has 3 aliphatic rings. The average Bonchev–Trinajstić information content (AvgIpc) is 3.11. The molecule has 2 aromatic heterocycles. The number of hydrogen-bond donors (Lipinski definition) is 1. The molecular weight excluding hydrogens is 353 g/mol. The molecule has 4 nitrogen and oxygen atoms in total. The Morgan fingerprint density at radius 2 is 2.18 bits per heavy atom. The van der Waals surface area contributed by atoms with Crippen LogP contribution in [0.4, 0.5) is 4.39 Å². The number of likely N-dealkylation sites (N-methyl/N-ethyl adjacent to an activating group) is 1. The smallest absolute Gasteiger partial charge is 0.115 e. The average molecular weight is 377 g/mol. The number of aliphatic hydroxyl groups is 1. The van der Waals surface area contributed by atoms with Gasteiger partial charge in [0.05, 0.1) is 6.54 Å². The summed E-state index contributed by atoms with van der Waals surface area (Å²) in [6.45, 7) is 0.108. The first kappa shape index (κ1) is 16.7. The summed E-state index contributed by atoms with van der Waals surface area (Å²) >= 11 is 0. The highest BCUT2D eigenvalue weighted by Gasteiger charge is 2.45. The maximum atomic E-state index is 13.4. The van der Waals surface area contributed by atoms with E-state index in [1.807, 2.05) is 30.5 Å². The van der Waals surface area contributed by atoms with Crippen LogP contribution in [-0.4, -0.2) is 32.6 Å². The molecule has 3 unspecified atom stereocenters.